The van der Waals surface area contributed by atoms with E-state index in [0.29, 0.717) is 0 Å². The number of ether oxygens (including phenoxy) is 1. The second-order valence-electron chi connectivity index (χ2n) is 6.27. The number of nitrogens with zero attached hydrogens (tertiary/aromatic N) is 1. The minimum Gasteiger partial charge on any atom is -0.491 e. The van der Waals surface area contributed by atoms with Crippen LogP contribution in [0.1, 0.15) is 12.5 Å². The second kappa shape index (κ2) is 9.10. The number of para-hydroxylation sites is 2. The Hall–Kier alpha value is -2.25. The van der Waals surface area contributed by atoms with Gasteiger partial charge in [0.05, 0.1) is 23.0 Å². The Morgan fingerprint density at radius 2 is 1.81 bits per heavy atom. The zero-order valence-corrected chi connectivity index (χ0v) is 17.0. The zero-order chi connectivity index (χ0) is 20.0. The Labute approximate surface area is 165 Å². The topological polar surface area (TPSA) is 75.7 Å². The molecule has 0 radical (unpaired) electrons. The van der Waals surface area contributed by atoms with Crippen molar-refractivity contribution < 1.29 is 17.9 Å². The van der Waals surface area contributed by atoms with Crippen molar-refractivity contribution in [1.82, 2.24) is 5.32 Å². The van der Waals surface area contributed by atoms with Crippen LogP contribution in [-0.2, 0) is 14.8 Å². The van der Waals surface area contributed by atoms with Gasteiger partial charge in [-0.15, -0.1) is 0 Å². The molecule has 2 aromatic carbocycles. The highest BCUT2D eigenvalue weighted by Crippen LogP contribution is 2.26. The van der Waals surface area contributed by atoms with Crippen molar-refractivity contribution >= 4 is 33.2 Å². The first-order chi connectivity index (χ1) is 12.7. The number of nitrogens with one attached hydrogen (secondary N) is 1. The fourth-order valence-electron chi connectivity index (χ4n) is 2.46. The first-order valence-corrected chi connectivity index (χ1v) is 10.6. The standard InChI is InChI=1S/C19H23ClN2O4S/c1-14-8-4-7-11-18(14)26-13-15(2)21-19(23)12-22(27(3,24)25)17-10-6-5-9-16(17)20/h4-11,15H,12-13H2,1-3H3,(H,21,23)/t15-/m1/s1. The Kier molecular flexibility index (Phi) is 7.10. The first kappa shape index (κ1) is 21.1. The van der Waals surface area contributed by atoms with Crippen LogP contribution in [0.15, 0.2) is 48.5 Å². The molecule has 0 unspecified atom stereocenters. The Balaban J connectivity index is 1.99. The summed E-state index contributed by atoms with van der Waals surface area (Å²) < 4.78 is 30.9. The zero-order valence-electron chi connectivity index (χ0n) is 15.5. The van der Waals surface area contributed by atoms with Crippen molar-refractivity contribution in [3.63, 3.8) is 0 Å². The van der Waals surface area contributed by atoms with E-state index in [2.05, 4.69) is 5.32 Å². The van der Waals surface area contributed by atoms with Crippen molar-refractivity contribution in [2.24, 2.45) is 0 Å². The van der Waals surface area contributed by atoms with E-state index in [9.17, 15) is 13.2 Å². The molecule has 0 aromatic heterocycles. The van der Waals surface area contributed by atoms with E-state index < -0.39 is 15.9 Å². The van der Waals surface area contributed by atoms with E-state index in [1.807, 2.05) is 31.2 Å². The van der Waals surface area contributed by atoms with Crippen molar-refractivity contribution in [3.8, 4) is 5.75 Å². The maximum Gasteiger partial charge on any atom is 0.241 e. The minimum absolute atomic E-state index is 0.256. The van der Waals surface area contributed by atoms with Crippen LogP contribution in [0.3, 0.4) is 0 Å². The molecule has 1 atom stereocenters. The number of hydrogen-bond donors (Lipinski definition) is 1. The molecule has 0 heterocycles. The van der Waals surface area contributed by atoms with E-state index in [-0.39, 0.29) is 29.9 Å². The molecule has 27 heavy (non-hydrogen) atoms. The van der Waals surface area contributed by atoms with Crippen LogP contribution in [0.5, 0.6) is 5.75 Å². The quantitative estimate of drug-likeness (QED) is 0.725. The average molecular weight is 411 g/mol. The van der Waals surface area contributed by atoms with Crippen molar-refractivity contribution in [2.75, 3.05) is 23.7 Å². The number of rotatable bonds is 8. The summed E-state index contributed by atoms with van der Waals surface area (Å²) in [5.41, 5.74) is 1.26. The minimum atomic E-state index is -3.68. The van der Waals surface area contributed by atoms with Gasteiger partial charge in [0.15, 0.2) is 0 Å². The molecular formula is C19H23ClN2O4S. The third-order valence-corrected chi connectivity index (χ3v) is 5.24. The van der Waals surface area contributed by atoms with Crippen LogP contribution in [0.4, 0.5) is 5.69 Å². The fourth-order valence-corrected chi connectivity index (χ4v) is 3.62. The maximum absolute atomic E-state index is 12.4. The smallest absolute Gasteiger partial charge is 0.241 e. The maximum atomic E-state index is 12.4. The number of amides is 1. The molecule has 1 amide bonds. The van der Waals surface area contributed by atoms with Gasteiger partial charge in [0.2, 0.25) is 15.9 Å². The number of anilines is 1. The van der Waals surface area contributed by atoms with Crippen molar-refractivity contribution in [2.45, 2.75) is 19.9 Å². The van der Waals surface area contributed by atoms with Crippen LogP contribution in [0.25, 0.3) is 0 Å². The van der Waals surface area contributed by atoms with Crippen LogP contribution in [0.2, 0.25) is 5.02 Å². The summed E-state index contributed by atoms with van der Waals surface area (Å²) in [6.45, 7) is 3.63. The van der Waals surface area contributed by atoms with Crippen LogP contribution in [-0.4, -0.2) is 39.8 Å². The van der Waals surface area contributed by atoms with Crippen LogP contribution < -0.4 is 14.4 Å². The van der Waals surface area contributed by atoms with E-state index in [4.69, 9.17) is 16.3 Å². The molecule has 2 rings (SSSR count). The third kappa shape index (κ3) is 6.15. The van der Waals surface area contributed by atoms with Gasteiger partial charge < -0.3 is 10.1 Å². The molecular weight excluding hydrogens is 388 g/mol. The number of hydrogen-bond acceptors (Lipinski definition) is 4. The number of aryl methyl sites for hydroxylation is 1. The summed E-state index contributed by atoms with van der Waals surface area (Å²) in [6.07, 6.45) is 1.04. The fraction of sp³-hybridized carbons (Fsp3) is 0.316. The number of sulfonamides is 1. The van der Waals surface area contributed by atoms with Gasteiger partial charge in [0, 0.05) is 0 Å². The summed E-state index contributed by atoms with van der Waals surface area (Å²) in [5, 5.41) is 3.00. The summed E-state index contributed by atoms with van der Waals surface area (Å²) in [6, 6.07) is 13.8. The second-order valence-corrected chi connectivity index (χ2v) is 8.58. The normalized spacial score (nSPS) is 12.3. The van der Waals surface area contributed by atoms with Gasteiger partial charge in [-0.2, -0.15) is 0 Å². The molecule has 8 heteroatoms. The highest BCUT2D eigenvalue weighted by molar-refractivity contribution is 7.92. The Morgan fingerprint density at radius 3 is 2.44 bits per heavy atom. The van der Waals surface area contributed by atoms with Gasteiger partial charge in [-0.3, -0.25) is 9.10 Å². The molecule has 0 fully saturated rings. The molecule has 0 aliphatic rings. The van der Waals surface area contributed by atoms with Crippen molar-refractivity contribution in [1.29, 1.82) is 0 Å². The van der Waals surface area contributed by atoms with Crippen LogP contribution in [0, 0.1) is 6.92 Å². The van der Waals surface area contributed by atoms with Gasteiger partial charge in [-0.1, -0.05) is 41.9 Å². The van der Waals surface area contributed by atoms with Gasteiger partial charge >= 0.3 is 0 Å². The highest BCUT2D eigenvalue weighted by atomic mass is 35.5. The van der Waals surface area contributed by atoms with Gasteiger partial charge in [-0.05, 0) is 37.6 Å². The number of carbonyl (C=O) groups excluding carboxylic acids is 1. The predicted molar refractivity (Wildman–Crippen MR) is 108 cm³/mol. The van der Waals surface area contributed by atoms with Crippen molar-refractivity contribution in [3.05, 3.63) is 59.1 Å². The highest BCUT2D eigenvalue weighted by Gasteiger charge is 2.23. The molecule has 6 nitrogen and oxygen atoms in total. The number of carbonyl (C=O) groups is 1. The monoisotopic (exact) mass is 410 g/mol. The predicted octanol–water partition coefficient (Wildman–Crippen LogP) is 3.00. The average Bonchev–Trinajstić information content (AvgIpc) is 2.59. The molecule has 0 saturated heterocycles. The molecule has 2 aromatic rings. The van der Waals surface area contributed by atoms with Gasteiger partial charge in [-0.25, -0.2) is 8.42 Å². The largest absolute Gasteiger partial charge is 0.491 e. The molecule has 0 aliphatic heterocycles. The van der Waals surface area contributed by atoms with Gasteiger partial charge in [0.1, 0.15) is 18.9 Å². The molecule has 146 valence electrons. The summed E-state index contributed by atoms with van der Waals surface area (Å²) in [5.74, 6) is 0.300. The molecule has 0 bridgehead atoms. The van der Waals surface area contributed by atoms with E-state index in [1.54, 1.807) is 31.2 Å². The summed E-state index contributed by atoms with van der Waals surface area (Å²) >= 11 is 6.09. The van der Waals surface area contributed by atoms with Gasteiger partial charge in [0.25, 0.3) is 0 Å². The number of halogens is 1. The summed E-state index contributed by atoms with van der Waals surface area (Å²) in [7, 11) is -3.68. The lowest BCUT2D eigenvalue weighted by Crippen LogP contribution is -2.45. The Morgan fingerprint density at radius 1 is 1.19 bits per heavy atom. The van der Waals surface area contributed by atoms with E-state index >= 15 is 0 Å². The third-order valence-electron chi connectivity index (χ3n) is 3.80. The SMILES string of the molecule is Cc1ccccc1OC[C@@H](C)NC(=O)CN(c1ccccc1Cl)S(C)(=O)=O. The molecule has 1 N–H and O–H groups in total. The lowest BCUT2D eigenvalue weighted by molar-refractivity contribution is -0.120. The molecule has 0 saturated carbocycles. The number of benzene rings is 2. The van der Waals surface area contributed by atoms with Crippen LogP contribution >= 0.6 is 11.6 Å². The van der Waals surface area contributed by atoms with E-state index in [0.717, 1.165) is 21.9 Å². The molecule has 0 aliphatic carbocycles. The Bertz CT molecular complexity index is 902. The summed E-state index contributed by atoms with van der Waals surface area (Å²) in [4.78, 5) is 12.4. The first-order valence-electron chi connectivity index (χ1n) is 8.38. The van der Waals surface area contributed by atoms with E-state index in [1.165, 1.54) is 0 Å². The lowest BCUT2D eigenvalue weighted by atomic mass is 10.2. The molecule has 0 spiro atoms. The lowest BCUT2D eigenvalue weighted by Gasteiger charge is -2.24.